The van der Waals surface area contributed by atoms with E-state index < -0.39 is 0 Å². The van der Waals surface area contributed by atoms with Crippen LogP contribution in [-0.4, -0.2) is 19.1 Å². The largest absolute Gasteiger partial charge is 0.488 e. The fraction of sp³-hybridized carbons (Fsp3) is 0.143. The Morgan fingerprint density at radius 3 is 2.69 bits per heavy atom. The van der Waals surface area contributed by atoms with Crippen LogP contribution >= 0.6 is 15.9 Å². The van der Waals surface area contributed by atoms with Crippen LogP contribution in [0.4, 0.5) is 0 Å². The summed E-state index contributed by atoms with van der Waals surface area (Å²) in [6.45, 7) is 4.48. The first-order chi connectivity index (χ1) is 12.6. The van der Waals surface area contributed by atoms with Crippen LogP contribution in [0.3, 0.4) is 0 Å². The molecule has 0 aliphatic rings. The number of halogens is 1. The number of nitriles is 1. The molecule has 26 heavy (non-hydrogen) atoms. The molecule has 0 saturated heterocycles. The summed E-state index contributed by atoms with van der Waals surface area (Å²) in [5.74, 6) is 0.291. The molecule has 0 fully saturated rings. The summed E-state index contributed by atoms with van der Waals surface area (Å²) in [6, 6.07) is 17.2. The van der Waals surface area contributed by atoms with Gasteiger partial charge < -0.3 is 10.1 Å². The van der Waals surface area contributed by atoms with Crippen molar-refractivity contribution in [3.8, 4) is 11.8 Å². The highest BCUT2D eigenvalue weighted by Gasteiger charge is 2.09. The molecule has 0 spiro atoms. The van der Waals surface area contributed by atoms with Gasteiger partial charge in [0.2, 0.25) is 0 Å². The molecule has 132 valence electrons. The fourth-order valence-corrected chi connectivity index (χ4v) is 2.76. The van der Waals surface area contributed by atoms with Gasteiger partial charge in [-0.15, -0.1) is 0 Å². The van der Waals surface area contributed by atoms with E-state index in [-0.39, 0.29) is 11.5 Å². The van der Waals surface area contributed by atoms with Gasteiger partial charge >= 0.3 is 0 Å². The molecule has 0 heterocycles. The molecular weight excluding hydrogens is 392 g/mol. The van der Waals surface area contributed by atoms with Crippen LogP contribution < -0.4 is 10.1 Å². The van der Waals surface area contributed by atoms with Crippen LogP contribution in [0.2, 0.25) is 0 Å². The first-order valence-corrected chi connectivity index (χ1v) is 8.90. The lowest BCUT2D eigenvalue weighted by molar-refractivity contribution is -0.117. The van der Waals surface area contributed by atoms with Crippen LogP contribution in [0.15, 0.2) is 71.2 Å². The molecule has 0 unspecified atom stereocenters. The Hall–Kier alpha value is -2.84. The van der Waals surface area contributed by atoms with E-state index in [9.17, 15) is 10.1 Å². The Bertz CT molecular complexity index is 839. The van der Waals surface area contributed by atoms with E-state index in [1.165, 1.54) is 0 Å². The maximum atomic E-state index is 12.2. The van der Waals surface area contributed by atoms with E-state index >= 15 is 0 Å². The van der Waals surface area contributed by atoms with Crippen LogP contribution in [0.1, 0.15) is 11.1 Å². The number of ether oxygens (including phenoxy) is 1. The number of rotatable bonds is 8. The molecule has 2 aromatic carbocycles. The number of nitrogens with one attached hydrogen (secondary N) is 1. The summed E-state index contributed by atoms with van der Waals surface area (Å²) in [4.78, 5) is 12.2. The monoisotopic (exact) mass is 410 g/mol. The minimum Gasteiger partial charge on any atom is -0.488 e. The van der Waals surface area contributed by atoms with E-state index in [4.69, 9.17) is 4.74 Å². The minimum absolute atomic E-state index is 0.0599. The van der Waals surface area contributed by atoms with Crippen molar-refractivity contribution in [3.05, 3.63) is 82.4 Å². The summed E-state index contributed by atoms with van der Waals surface area (Å²) in [5.41, 5.74) is 1.93. The van der Waals surface area contributed by atoms with Crippen molar-refractivity contribution in [1.82, 2.24) is 5.32 Å². The van der Waals surface area contributed by atoms with E-state index in [0.717, 1.165) is 15.6 Å². The van der Waals surface area contributed by atoms with Gasteiger partial charge in [-0.05, 0) is 51.7 Å². The number of benzene rings is 2. The number of hydrogen-bond donors (Lipinski definition) is 1. The van der Waals surface area contributed by atoms with E-state index in [0.29, 0.717) is 25.3 Å². The Morgan fingerprint density at radius 1 is 1.27 bits per heavy atom. The van der Waals surface area contributed by atoms with Crippen molar-refractivity contribution in [3.63, 3.8) is 0 Å². The number of carbonyl (C=O) groups excluding carboxylic acids is 1. The molecule has 1 amide bonds. The van der Waals surface area contributed by atoms with Gasteiger partial charge in [0.25, 0.3) is 5.91 Å². The Labute approximate surface area is 161 Å². The number of nitrogens with zero attached hydrogens (tertiary/aromatic N) is 1. The smallest absolute Gasteiger partial charge is 0.261 e. The molecule has 0 radical (unpaired) electrons. The van der Waals surface area contributed by atoms with Crippen LogP contribution in [0.5, 0.6) is 5.75 Å². The molecule has 0 aliphatic heterocycles. The summed E-state index contributed by atoms with van der Waals surface area (Å²) in [5, 5.41) is 12.1. The van der Waals surface area contributed by atoms with Gasteiger partial charge in [0.15, 0.2) is 0 Å². The molecule has 5 heteroatoms. The zero-order valence-corrected chi connectivity index (χ0v) is 15.8. The Balaban J connectivity index is 2.00. The zero-order chi connectivity index (χ0) is 18.8. The van der Waals surface area contributed by atoms with Crippen molar-refractivity contribution in [1.29, 1.82) is 5.26 Å². The maximum Gasteiger partial charge on any atom is 0.261 e. The molecule has 0 aromatic heterocycles. The molecule has 1 N–H and O–H groups in total. The second-order valence-corrected chi connectivity index (χ2v) is 6.31. The Morgan fingerprint density at radius 2 is 2.04 bits per heavy atom. The summed E-state index contributed by atoms with van der Waals surface area (Å²) in [7, 11) is 0. The van der Waals surface area contributed by atoms with Crippen molar-refractivity contribution >= 4 is 27.9 Å². The summed E-state index contributed by atoms with van der Waals surface area (Å²) >= 11 is 3.42. The average molecular weight is 411 g/mol. The third-order valence-corrected chi connectivity index (χ3v) is 4.15. The first kappa shape index (κ1) is 19.5. The van der Waals surface area contributed by atoms with Gasteiger partial charge in [-0.1, -0.05) is 49.1 Å². The Kier molecular flexibility index (Phi) is 7.66. The van der Waals surface area contributed by atoms with Gasteiger partial charge in [0.05, 0.1) is 4.47 Å². The molecule has 0 bridgehead atoms. The first-order valence-electron chi connectivity index (χ1n) is 8.11. The van der Waals surface area contributed by atoms with Crippen molar-refractivity contribution < 1.29 is 9.53 Å². The molecule has 0 aliphatic carbocycles. The van der Waals surface area contributed by atoms with Gasteiger partial charge in [0, 0.05) is 6.54 Å². The average Bonchev–Trinajstić information content (AvgIpc) is 2.66. The third-order valence-electron chi connectivity index (χ3n) is 3.53. The number of carbonyl (C=O) groups is 1. The molecule has 0 saturated carbocycles. The highest BCUT2D eigenvalue weighted by molar-refractivity contribution is 9.10. The zero-order valence-electron chi connectivity index (χ0n) is 14.2. The van der Waals surface area contributed by atoms with E-state index in [1.54, 1.807) is 30.4 Å². The van der Waals surface area contributed by atoms with E-state index in [2.05, 4.69) is 27.8 Å². The van der Waals surface area contributed by atoms with Crippen molar-refractivity contribution in [2.45, 2.75) is 6.42 Å². The van der Waals surface area contributed by atoms with Crippen molar-refractivity contribution in [2.75, 3.05) is 13.2 Å². The second kappa shape index (κ2) is 10.2. The second-order valence-electron chi connectivity index (χ2n) is 5.45. The predicted octanol–water partition coefficient (Wildman–Crippen LogP) is 4.28. The maximum absolute atomic E-state index is 12.2. The lowest BCUT2D eigenvalue weighted by atomic mass is 10.1. The normalized spacial score (nSPS) is 10.7. The molecule has 2 aromatic rings. The van der Waals surface area contributed by atoms with Gasteiger partial charge in [-0.25, -0.2) is 0 Å². The molecule has 0 atom stereocenters. The summed E-state index contributed by atoms with van der Waals surface area (Å²) in [6.07, 6.45) is 3.93. The highest BCUT2D eigenvalue weighted by atomic mass is 79.9. The third kappa shape index (κ3) is 5.91. The van der Waals surface area contributed by atoms with Gasteiger partial charge in [0.1, 0.15) is 24.0 Å². The molecule has 4 nitrogen and oxygen atoms in total. The molecular formula is C21H19BrN2O2. The lowest BCUT2D eigenvalue weighted by Gasteiger charge is -2.07. The molecule has 2 rings (SSSR count). The number of hydrogen-bond acceptors (Lipinski definition) is 3. The van der Waals surface area contributed by atoms with Gasteiger partial charge in [-0.3, -0.25) is 4.79 Å². The van der Waals surface area contributed by atoms with Crippen LogP contribution in [0.25, 0.3) is 6.08 Å². The van der Waals surface area contributed by atoms with Crippen molar-refractivity contribution in [2.24, 2.45) is 0 Å². The van der Waals surface area contributed by atoms with Crippen LogP contribution in [0, 0.1) is 11.3 Å². The summed E-state index contributed by atoms with van der Waals surface area (Å²) < 4.78 is 6.23. The van der Waals surface area contributed by atoms with Gasteiger partial charge in [-0.2, -0.15) is 5.26 Å². The fourth-order valence-electron chi connectivity index (χ4n) is 2.25. The SMILES string of the molecule is C=CCOc1ccc(/C=C(\C#N)C(=O)NCCc2ccccc2)cc1Br. The predicted molar refractivity (Wildman–Crippen MR) is 107 cm³/mol. The highest BCUT2D eigenvalue weighted by Crippen LogP contribution is 2.27. The van der Waals surface area contributed by atoms with Crippen LogP contribution in [-0.2, 0) is 11.2 Å². The lowest BCUT2D eigenvalue weighted by Crippen LogP contribution is -2.26. The quantitative estimate of drug-likeness (QED) is 0.401. The standard InChI is InChI=1S/C21H19BrN2O2/c1-2-12-26-20-9-8-17(14-19(20)22)13-18(15-23)21(25)24-11-10-16-6-4-3-5-7-16/h2-9,13-14H,1,10-12H2,(H,24,25)/b18-13+. The topological polar surface area (TPSA) is 62.1 Å². The van der Waals surface area contributed by atoms with E-state index in [1.807, 2.05) is 36.4 Å². The number of amides is 1. The minimum atomic E-state index is -0.383.